The van der Waals surface area contributed by atoms with Gasteiger partial charge in [-0.3, -0.25) is 0 Å². The lowest BCUT2D eigenvalue weighted by Crippen LogP contribution is -2.04. The van der Waals surface area contributed by atoms with Crippen molar-refractivity contribution in [1.29, 1.82) is 0 Å². The molecule has 0 bridgehead atoms. The van der Waals surface area contributed by atoms with Crippen molar-refractivity contribution in [1.82, 2.24) is 9.97 Å². The third kappa shape index (κ3) is 2.30. The van der Waals surface area contributed by atoms with E-state index < -0.39 is 5.97 Å². The zero-order valence-corrected chi connectivity index (χ0v) is 14.2. The molecule has 5 nitrogen and oxygen atoms in total. The first-order valence-corrected chi connectivity index (χ1v) is 7.96. The molecule has 0 aliphatic carbocycles. The summed E-state index contributed by atoms with van der Waals surface area (Å²) in [6.07, 6.45) is 1.60. The number of nitrogens with one attached hydrogen (secondary N) is 1. The lowest BCUT2D eigenvalue weighted by molar-refractivity contribution is 0.0596. The Morgan fingerprint density at radius 2 is 1.88 bits per heavy atom. The molecule has 6 heteroatoms. The summed E-state index contributed by atoms with van der Waals surface area (Å²) in [7, 11) is 2.81. The van der Waals surface area contributed by atoms with Crippen LogP contribution in [0, 0.1) is 5.82 Å². The minimum Gasteiger partial charge on any atom is -0.481 e. The molecular weight excluding hydrogens is 335 g/mol. The minimum absolute atomic E-state index is 0.226. The normalized spacial score (nSPS) is 11.0. The number of halogens is 1. The summed E-state index contributed by atoms with van der Waals surface area (Å²) in [5, 5.41) is 1.88. The van der Waals surface area contributed by atoms with Crippen LogP contribution in [0.3, 0.4) is 0 Å². The molecule has 0 aliphatic rings. The first kappa shape index (κ1) is 16.1. The van der Waals surface area contributed by atoms with Crippen molar-refractivity contribution < 1.29 is 18.7 Å². The van der Waals surface area contributed by atoms with Crippen LogP contribution in [0.15, 0.2) is 48.7 Å². The molecular formula is C20H15FN2O3. The van der Waals surface area contributed by atoms with Crippen LogP contribution in [0.1, 0.15) is 10.5 Å². The highest BCUT2D eigenvalue weighted by molar-refractivity contribution is 6.19. The van der Waals surface area contributed by atoms with Gasteiger partial charge in [-0.15, -0.1) is 0 Å². The van der Waals surface area contributed by atoms with Gasteiger partial charge in [0.05, 0.1) is 19.7 Å². The van der Waals surface area contributed by atoms with Gasteiger partial charge in [-0.05, 0) is 23.6 Å². The summed E-state index contributed by atoms with van der Waals surface area (Å²) in [6.45, 7) is 0. The van der Waals surface area contributed by atoms with E-state index in [-0.39, 0.29) is 11.5 Å². The van der Waals surface area contributed by atoms with Crippen molar-refractivity contribution >= 4 is 27.6 Å². The summed E-state index contributed by atoms with van der Waals surface area (Å²) >= 11 is 0. The number of fused-ring (bicyclic) bond motifs is 3. The number of rotatable bonds is 3. The number of carbonyl (C=O) groups is 1. The minimum atomic E-state index is -0.549. The number of carbonyl (C=O) groups excluding carboxylic acids is 1. The molecule has 0 atom stereocenters. The lowest BCUT2D eigenvalue weighted by atomic mass is 9.97. The fourth-order valence-electron chi connectivity index (χ4n) is 3.29. The van der Waals surface area contributed by atoms with E-state index in [1.165, 1.54) is 20.3 Å². The number of esters is 1. The molecule has 2 aromatic heterocycles. The predicted molar refractivity (Wildman–Crippen MR) is 96.9 cm³/mol. The maximum absolute atomic E-state index is 14.5. The molecule has 0 saturated heterocycles. The van der Waals surface area contributed by atoms with Crippen molar-refractivity contribution in [3.05, 3.63) is 60.2 Å². The van der Waals surface area contributed by atoms with Crippen LogP contribution < -0.4 is 4.74 Å². The van der Waals surface area contributed by atoms with E-state index in [9.17, 15) is 9.18 Å². The number of aromatic nitrogens is 2. The van der Waals surface area contributed by atoms with E-state index >= 15 is 0 Å². The highest BCUT2D eigenvalue weighted by Gasteiger charge is 2.24. The van der Waals surface area contributed by atoms with E-state index in [0.717, 1.165) is 0 Å². The SMILES string of the molecule is COC(=O)c1[nH]c2cc(F)c3ccccc3c2c1-c1cccnc1OC. The fraction of sp³-hybridized carbons (Fsp3) is 0.100. The first-order valence-electron chi connectivity index (χ1n) is 7.96. The van der Waals surface area contributed by atoms with Crippen molar-refractivity contribution in [2.24, 2.45) is 0 Å². The van der Waals surface area contributed by atoms with E-state index in [0.29, 0.717) is 38.7 Å². The lowest BCUT2D eigenvalue weighted by Gasteiger charge is -2.09. The number of pyridine rings is 1. The van der Waals surface area contributed by atoms with Crippen LogP contribution >= 0.6 is 0 Å². The molecule has 0 amide bonds. The molecule has 0 unspecified atom stereocenters. The van der Waals surface area contributed by atoms with Crippen LogP contribution in [-0.2, 0) is 4.74 Å². The van der Waals surface area contributed by atoms with Gasteiger partial charge in [0.2, 0.25) is 5.88 Å². The monoisotopic (exact) mass is 350 g/mol. The van der Waals surface area contributed by atoms with Gasteiger partial charge >= 0.3 is 5.97 Å². The second-order valence-electron chi connectivity index (χ2n) is 5.75. The Bertz CT molecular complexity index is 1150. The van der Waals surface area contributed by atoms with E-state index in [4.69, 9.17) is 9.47 Å². The van der Waals surface area contributed by atoms with Crippen LogP contribution in [0.25, 0.3) is 32.8 Å². The Kier molecular flexibility index (Phi) is 3.80. The van der Waals surface area contributed by atoms with E-state index in [1.807, 2.05) is 12.1 Å². The topological polar surface area (TPSA) is 64.2 Å². The summed E-state index contributed by atoms with van der Waals surface area (Å²) < 4.78 is 24.8. The van der Waals surface area contributed by atoms with Gasteiger partial charge < -0.3 is 14.5 Å². The Labute approximate surface area is 148 Å². The highest BCUT2D eigenvalue weighted by atomic mass is 19.1. The number of hydrogen-bond donors (Lipinski definition) is 1. The Hall–Kier alpha value is -3.41. The summed E-state index contributed by atoms with van der Waals surface area (Å²) in [4.78, 5) is 19.6. The van der Waals surface area contributed by atoms with Gasteiger partial charge in [0.15, 0.2) is 0 Å². The first-order chi connectivity index (χ1) is 12.7. The van der Waals surface area contributed by atoms with Gasteiger partial charge in [-0.2, -0.15) is 0 Å². The number of benzene rings is 2. The van der Waals surface area contributed by atoms with Crippen LogP contribution in [-0.4, -0.2) is 30.2 Å². The largest absolute Gasteiger partial charge is 0.481 e. The van der Waals surface area contributed by atoms with Crippen molar-refractivity contribution in [3.63, 3.8) is 0 Å². The number of ether oxygens (including phenoxy) is 2. The Morgan fingerprint density at radius 1 is 1.12 bits per heavy atom. The second-order valence-corrected chi connectivity index (χ2v) is 5.75. The molecule has 2 aromatic carbocycles. The molecule has 2 heterocycles. The third-order valence-corrected chi connectivity index (χ3v) is 4.38. The number of methoxy groups -OCH3 is 2. The van der Waals surface area contributed by atoms with Crippen LogP contribution in [0.2, 0.25) is 0 Å². The number of nitrogens with zero attached hydrogens (tertiary/aromatic N) is 1. The molecule has 130 valence electrons. The van der Waals surface area contributed by atoms with Gasteiger partial charge in [0.1, 0.15) is 11.5 Å². The van der Waals surface area contributed by atoms with E-state index in [1.54, 1.807) is 30.5 Å². The molecule has 0 spiro atoms. The number of aromatic amines is 1. The zero-order chi connectivity index (χ0) is 18.3. The fourth-order valence-corrected chi connectivity index (χ4v) is 3.29. The average molecular weight is 350 g/mol. The molecule has 4 aromatic rings. The number of hydrogen-bond acceptors (Lipinski definition) is 4. The van der Waals surface area contributed by atoms with Gasteiger partial charge in [-0.25, -0.2) is 14.2 Å². The van der Waals surface area contributed by atoms with E-state index in [2.05, 4.69) is 9.97 Å². The second kappa shape index (κ2) is 6.15. The smallest absolute Gasteiger partial charge is 0.355 e. The summed E-state index contributed by atoms with van der Waals surface area (Å²) in [5.74, 6) is -0.547. The van der Waals surface area contributed by atoms with Crippen molar-refractivity contribution in [3.8, 4) is 17.0 Å². The van der Waals surface area contributed by atoms with Gasteiger partial charge in [0, 0.05) is 28.1 Å². The zero-order valence-electron chi connectivity index (χ0n) is 14.2. The third-order valence-electron chi connectivity index (χ3n) is 4.38. The molecule has 26 heavy (non-hydrogen) atoms. The van der Waals surface area contributed by atoms with Gasteiger partial charge in [-0.1, -0.05) is 24.3 Å². The summed E-state index contributed by atoms with van der Waals surface area (Å²) in [6, 6.07) is 12.1. The highest BCUT2D eigenvalue weighted by Crippen LogP contribution is 2.41. The van der Waals surface area contributed by atoms with Crippen molar-refractivity contribution in [2.45, 2.75) is 0 Å². The number of H-pyrrole nitrogens is 1. The molecule has 4 rings (SSSR count). The Balaban J connectivity index is 2.22. The average Bonchev–Trinajstić information content (AvgIpc) is 3.06. The van der Waals surface area contributed by atoms with Crippen molar-refractivity contribution in [2.75, 3.05) is 14.2 Å². The standard InChI is InChI=1S/C20H15FN2O3/c1-25-19-13(8-5-9-22-19)17-16-12-7-4-3-6-11(12)14(21)10-15(16)23-18(17)20(24)26-2/h3-10,23H,1-2H3. The predicted octanol–water partition coefficient (Wildman–Crippen LogP) is 4.32. The maximum Gasteiger partial charge on any atom is 0.355 e. The van der Waals surface area contributed by atoms with Gasteiger partial charge in [0.25, 0.3) is 0 Å². The quantitative estimate of drug-likeness (QED) is 0.559. The molecule has 0 saturated carbocycles. The van der Waals surface area contributed by atoms with Crippen LogP contribution in [0.5, 0.6) is 5.88 Å². The Morgan fingerprint density at radius 3 is 2.62 bits per heavy atom. The van der Waals surface area contributed by atoms with Crippen LogP contribution in [0.4, 0.5) is 4.39 Å². The maximum atomic E-state index is 14.5. The molecule has 1 N–H and O–H groups in total. The molecule has 0 fully saturated rings. The molecule has 0 radical (unpaired) electrons. The molecule has 0 aliphatic heterocycles. The summed E-state index contributed by atoms with van der Waals surface area (Å²) in [5.41, 5.74) is 1.93.